The maximum atomic E-state index is 2.80. The van der Waals surface area contributed by atoms with E-state index < -0.39 is 24.1 Å². The molecule has 3 heterocycles. The van der Waals surface area contributed by atoms with Gasteiger partial charge >= 0.3 is 504 Å². The molecule has 5 aliphatic rings. The monoisotopic (exact) mass is 1150 g/mol. The molecule has 0 amide bonds. The van der Waals surface area contributed by atoms with E-state index in [0.29, 0.717) is 0 Å². The van der Waals surface area contributed by atoms with Crippen LogP contribution in [0.3, 0.4) is 0 Å². The number of benzene rings is 12. The normalized spacial score (nSPS) is 15.1. The van der Waals surface area contributed by atoms with E-state index in [1.54, 1.807) is 0 Å². The molecule has 0 spiro atoms. The summed E-state index contributed by atoms with van der Waals surface area (Å²) in [5.74, 6) is 2.77. The molecule has 3 aliphatic heterocycles. The van der Waals surface area contributed by atoms with Gasteiger partial charge in [-0.1, -0.05) is 0 Å². The van der Waals surface area contributed by atoms with E-state index in [2.05, 4.69) is 337 Å². The van der Waals surface area contributed by atoms with Gasteiger partial charge in [0.1, 0.15) is 0 Å². The van der Waals surface area contributed by atoms with Gasteiger partial charge in [-0.25, -0.2) is 0 Å². The molecule has 85 heavy (non-hydrogen) atoms. The molecule has 406 valence electrons. The quantitative estimate of drug-likeness (QED) is 0.134. The summed E-state index contributed by atoms with van der Waals surface area (Å²) in [4.78, 5) is 12.9. The van der Waals surface area contributed by atoms with Gasteiger partial charge in [0.15, 0.2) is 0 Å². The Morgan fingerprint density at radius 1 is 0.282 bits per heavy atom. The van der Waals surface area contributed by atoms with Gasteiger partial charge in [-0.2, -0.15) is 0 Å². The van der Waals surface area contributed by atoms with Crippen LogP contribution in [0.1, 0.15) is 49.9 Å². The Balaban J connectivity index is 0.996. The van der Waals surface area contributed by atoms with Crippen molar-refractivity contribution in [3.05, 3.63) is 301 Å². The van der Waals surface area contributed by atoms with Gasteiger partial charge in [0.25, 0.3) is 0 Å². The van der Waals surface area contributed by atoms with Crippen LogP contribution in [0.15, 0.2) is 279 Å². The first-order valence-corrected chi connectivity index (χ1v) is 35.1. The molecular formula is C79H61GeN5. The molecule has 17 rings (SSSR count). The summed E-state index contributed by atoms with van der Waals surface area (Å²) in [6.45, 7) is 10.0. The Morgan fingerprint density at radius 2 is 0.600 bits per heavy atom. The molecule has 12 aromatic carbocycles. The minimum atomic E-state index is -3.99. The van der Waals surface area contributed by atoms with Crippen molar-refractivity contribution in [2.24, 2.45) is 0 Å². The van der Waals surface area contributed by atoms with Gasteiger partial charge in [0.05, 0.1) is 0 Å². The van der Waals surface area contributed by atoms with Gasteiger partial charge in [-0.3, -0.25) is 0 Å². The molecular weight excluding hydrogens is 1090 g/mol. The van der Waals surface area contributed by atoms with Crippen molar-refractivity contribution in [1.29, 1.82) is 0 Å². The first-order valence-electron chi connectivity index (χ1n) is 29.9. The zero-order chi connectivity index (χ0) is 56.9. The summed E-state index contributed by atoms with van der Waals surface area (Å²) in [6, 6.07) is 104. The topological polar surface area (TPSA) is 16.2 Å². The van der Waals surface area contributed by atoms with E-state index in [4.69, 9.17) is 0 Å². The second kappa shape index (κ2) is 18.3. The van der Waals surface area contributed by atoms with Crippen LogP contribution in [0, 0.1) is 0 Å². The standard InChI is InChI=1S/C79H61GeN5/c1-78(2)65-48-59(81(52-28-13-6-14-29-52)53-30-15-7-16-31-53)44-46-61(65)63-50-69-74-76(71(63)78)85(58-40-25-12-26-41-58)77-72-64(62-47-45-60(49-66(62)79(72,3)4)82(54-32-17-8-18-33-54)55-34-19-9-20-35-55)51-70-75(77)80(74,5)73-67(83(69)56-36-21-10-22-37-56)42-27-43-68(73)84(70)57-38-23-11-24-39-57/h6-51H,1-5H3. The molecule has 0 atom stereocenters. The Morgan fingerprint density at radius 3 is 0.941 bits per heavy atom. The third-order valence-corrected chi connectivity index (χ3v) is 28.7. The molecule has 0 bridgehead atoms. The Labute approximate surface area is 500 Å². The number of nitrogens with zero attached hydrogens (tertiary/aromatic N) is 5. The molecule has 0 radical (unpaired) electrons. The van der Waals surface area contributed by atoms with Crippen LogP contribution in [0.25, 0.3) is 22.3 Å². The Hall–Kier alpha value is -9.82. The van der Waals surface area contributed by atoms with Crippen molar-refractivity contribution in [2.45, 2.75) is 44.3 Å². The molecule has 0 unspecified atom stereocenters. The zero-order valence-corrected chi connectivity index (χ0v) is 50.4. The summed E-state index contributed by atoms with van der Waals surface area (Å²) in [5.41, 5.74) is 27.8. The average molecular weight is 1150 g/mol. The minimum absolute atomic E-state index is 0.443. The van der Waals surface area contributed by atoms with E-state index in [9.17, 15) is 0 Å². The fourth-order valence-electron chi connectivity index (χ4n) is 15.8. The number of hydrogen-bond donors (Lipinski definition) is 0. The number of para-hydroxylation sites is 7. The molecule has 2 aliphatic carbocycles. The summed E-state index contributed by atoms with van der Waals surface area (Å²) in [6.07, 6.45) is 0. The number of fused-ring (bicyclic) bond motifs is 8. The molecule has 5 nitrogen and oxygen atoms in total. The van der Waals surface area contributed by atoms with Crippen LogP contribution in [-0.2, 0) is 10.8 Å². The average Bonchev–Trinajstić information content (AvgIpc) is 1.66. The van der Waals surface area contributed by atoms with Crippen molar-refractivity contribution < 1.29 is 0 Å². The van der Waals surface area contributed by atoms with Crippen LogP contribution in [0.2, 0.25) is 5.76 Å². The first-order chi connectivity index (χ1) is 41.6. The van der Waals surface area contributed by atoms with E-state index >= 15 is 0 Å². The summed E-state index contributed by atoms with van der Waals surface area (Å²) < 4.78 is 4.53. The summed E-state index contributed by atoms with van der Waals surface area (Å²) in [5, 5.41) is 0. The van der Waals surface area contributed by atoms with Gasteiger partial charge < -0.3 is 0 Å². The third-order valence-electron chi connectivity index (χ3n) is 19.3. The third kappa shape index (κ3) is 6.93. The number of rotatable bonds is 9. The fraction of sp³-hybridized carbons (Fsp3) is 0.0886. The molecule has 0 fully saturated rings. The second-order valence-electron chi connectivity index (χ2n) is 24.6. The maximum absolute atomic E-state index is 3.99. The SMILES string of the molecule is CC1(C)c2cc(N(c3ccccc3)c3ccccc3)ccc2-c2cc3[c]4c(c21)N(c1ccccc1)c1c2c(cc5[c]1[Ge]4([CH3])[c]1c(cccc1N5c1ccccc1)N3c1ccccc1)-c1ccc(N(c3ccccc3)c3ccccc3)cc1C2(C)C. The van der Waals surface area contributed by atoms with Crippen molar-refractivity contribution in [3.63, 3.8) is 0 Å². The van der Waals surface area contributed by atoms with Crippen LogP contribution in [0.4, 0.5) is 85.3 Å². The molecule has 0 N–H and O–H groups in total. The van der Waals surface area contributed by atoms with Crippen molar-refractivity contribution in [2.75, 3.05) is 24.5 Å². The summed E-state index contributed by atoms with van der Waals surface area (Å²) >= 11 is -3.99. The molecule has 0 aromatic heterocycles. The van der Waals surface area contributed by atoms with E-state index in [-0.39, 0.29) is 0 Å². The van der Waals surface area contributed by atoms with E-state index in [1.165, 1.54) is 97.5 Å². The van der Waals surface area contributed by atoms with Gasteiger partial charge in [0, 0.05) is 0 Å². The van der Waals surface area contributed by atoms with Gasteiger partial charge in [0.2, 0.25) is 0 Å². The van der Waals surface area contributed by atoms with Crippen molar-refractivity contribution >= 4 is 112 Å². The summed E-state index contributed by atoms with van der Waals surface area (Å²) in [7, 11) is 0. The van der Waals surface area contributed by atoms with E-state index in [0.717, 1.165) is 45.5 Å². The van der Waals surface area contributed by atoms with Crippen molar-refractivity contribution in [1.82, 2.24) is 0 Å². The van der Waals surface area contributed by atoms with Gasteiger partial charge in [-0.05, 0) is 0 Å². The molecule has 12 aromatic rings. The van der Waals surface area contributed by atoms with Crippen LogP contribution in [-0.4, -0.2) is 13.3 Å². The Kier molecular flexibility index (Phi) is 10.7. The van der Waals surface area contributed by atoms with Crippen LogP contribution < -0.4 is 37.7 Å². The molecule has 0 saturated carbocycles. The van der Waals surface area contributed by atoms with Crippen molar-refractivity contribution in [3.8, 4) is 22.3 Å². The fourth-order valence-corrected chi connectivity index (χ4v) is 26.3. The predicted octanol–water partition coefficient (Wildman–Crippen LogP) is 19.7. The number of hydrogen-bond acceptors (Lipinski definition) is 5. The zero-order valence-electron chi connectivity index (χ0n) is 48.3. The Bertz CT molecular complexity index is 4320. The molecule has 6 heteroatoms. The van der Waals surface area contributed by atoms with Gasteiger partial charge in [-0.15, -0.1) is 0 Å². The molecule has 0 saturated heterocycles. The second-order valence-corrected chi connectivity index (χ2v) is 32.5. The van der Waals surface area contributed by atoms with Crippen LogP contribution >= 0.6 is 0 Å². The first kappa shape index (κ1) is 49.8. The number of anilines is 15. The predicted molar refractivity (Wildman–Crippen MR) is 359 cm³/mol. The van der Waals surface area contributed by atoms with Crippen LogP contribution in [0.5, 0.6) is 0 Å². The van der Waals surface area contributed by atoms with E-state index in [1.807, 2.05) is 0 Å².